The monoisotopic (exact) mass is 383 g/mol. The number of rotatable bonds is 3. The minimum atomic E-state index is -0.289. The maximum Gasteiger partial charge on any atom is 0.254 e. The number of hydrogen-bond donors (Lipinski definition) is 0. The summed E-state index contributed by atoms with van der Waals surface area (Å²) in [5.41, 5.74) is 0.385. The van der Waals surface area contributed by atoms with E-state index in [0.717, 1.165) is 39.1 Å². The molecular weight excluding hydrogens is 358 g/mol. The van der Waals surface area contributed by atoms with Crippen molar-refractivity contribution in [1.29, 1.82) is 0 Å². The normalized spacial score (nSPS) is 28.6. The molecule has 0 spiro atoms. The molecule has 5 heterocycles. The van der Waals surface area contributed by atoms with Crippen LogP contribution >= 0.6 is 0 Å². The third-order valence-corrected chi connectivity index (χ3v) is 6.51. The molecule has 2 aromatic rings. The van der Waals surface area contributed by atoms with E-state index < -0.39 is 0 Å². The third kappa shape index (κ3) is 2.91. The quantitative estimate of drug-likeness (QED) is 0.789. The van der Waals surface area contributed by atoms with Gasteiger partial charge in [-0.15, -0.1) is 0 Å². The van der Waals surface area contributed by atoms with Crippen LogP contribution in [0.5, 0.6) is 0 Å². The van der Waals surface area contributed by atoms with Crippen LogP contribution in [0.3, 0.4) is 0 Å². The number of carbonyl (C=O) groups is 1. The maximum absolute atomic E-state index is 13.0. The molecule has 0 radical (unpaired) electrons. The smallest absolute Gasteiger partial charge is 0.254 e. The van der Waals surface area contributed by atoms with Crippen LogP contribution in [0.25, 0.3) is 0 Å². The SMILES string of the molecule is Cc1noc(C23CN(C(=O)c4ccncc4)CC2CN(C2CCOCC2)C3)n1. The standard InChI is InChI=1S/C20H25N5O3/c1-14-22-19(28-23-14)20-12-24(17-4-8-27-9-5-17)10-16(20)11-25(13-20)18(26)15-2-6-21-7-3-15/h2-3,6-7,16-17H,4-5,8-13H2,1H3. The predicted molar refractivity (Wildman–Crippen MR) is 99.8 cm³/mol. The number of amides is 1. The first-order valence-corrected chi connectivity index (χ1v) is 9.97. The minimum absolute atomic E-state index is 0.0463. The van der Waals surface area contributed by atoms with Crippen LogP contribution in [0, 0.1) is 12.8 Å². The Hall–Kier alpha value is -2.32. The molecule has 3 aliphatic rings. The molecule has 0 saturated carbocycles. The molecule has 28 heavy (non-hydrogen) atoms. The van der Waals surface area contributed by atoms with E-state index in [-0.39, 0.29) is 11.3 Å². The van der Waals surface area contributed by atoms with E-state index >= 15 is 0 Å². The Balaban J connectivity index is 1.42. The first kappa shape index (κ1) is 17.8. The summed E-state index contributed by atoms with van der Waals surface area (Å²) in [4.78, 5) is 26.2. The number of fused-ring (bicyclic) bond motifs is 1. The highest BCUT2D eigenvalue weighted by molar-refractivity contribution is 5.94. The average Bonchev–Trinajstić information content (AvgIpc) is 3.41. The lowest BCUT2D eigenvalue weighted by Crippen LogP contribution is -2.44. The van der Waals surface area contributed by atoms with Gasteiger partial charge in [0.2, 0.25) is 5.89 Å². The van der Waals surface area contributed by atoms with Crippen molar-refractivity contribution in [1.82, 2.24) is 24.9 Å². The van der Waals surface area contributed by atoms with Gasteiger partial charge in [0.15, 0.2) is 5.82 Å². The first-order chi connectivity index (χ1) is 13.7. The lowest BCUT2D eigenvalue weighted by molar-refractivity contribution is 0.0369. The van der Waals surface area contributed by atoms with Crippen LogP contribution < -0.4 is 0 Å². The fourth-order valence-electron chi connectivity index (χ4n) is 5.07. The van der Waals surface area contributed by atoms with Crippen LogP contribution in [0.2, 0.25) is 0 Å². The molecule has 3 saturated heterocycles. The van der Waals surface area contributed by atoms with Gasteiger partial charge in [-0.25, -0.2) is 0 Å². The summed E-state index contributed by atoms with van der Waals surface area (Å²) < 4.78 is 11.2. The number of ether oxygens (including phenoxy) is 1. The number of aryl methyl sites for hydroxylation is 1. The topological polar surface area (TPSA) is 84.6 Å². The van der Waals surface area contributed by atoms with E-state index in [0.29, 0.717) is 42.3 Å². The van der Waals surface area contributed by atoms with Crippen molar-refractivity contribution in [2.45, 2.75) is 31.2 Å². The zero-order chi connectivity index (χ0) is 19.1. The largest absolute Gasteiger partial charge is 0.381 e. The van der Waals surface area contributed by atoms with E-state index in [1.807, 2.05) is 11.8 Å². The summed E-state index contributed by atoms with van der Waals surface area (Å²) in [5.74, 6) is 1.66. The van der Waals surface area contributed by atoms with E-state index in [9.17, 15) is 4.79 Å². The Labute approximate surface area is 163 Å². The van der Waals surface area contributed by atoms with Crippen LogP contribution in [-0.4, -0.2) is 76.3 Å². The molecule has 2 aromatic heterocycles. The van der Waals surface area contributed by atoms with Crippen LogP contribution in [0.15, 0.2) is 29.0 Å². The van der Waals surface area contributed by atoms with E-state index in [4.69, 9.17) is 9.26 Å². The molecule has 3 fully saturated rings. The molecule has 2 unspecified atom stereocenters. The van der Waals surface area contributed by atoms with Crippen molar-refractivity contribution < 1.29 is 14.1 Å². The summed E-state index contributed by atoms with van der Waals surface area (Å²) in [6.07, 6.45) is 5.44. The molecule has 0 aromatic carbocycles. The third-order valence-electron chi connectivity index (χ3n) is 6.51. The fraction of sp³-hybridized carbons (Fsp3) is 0.600. The number of pyridine rings is 1. The molecule has 0 N–H and O–H groups in total. The molecular formula is C20H25N5O3. The summed E-state index contributed by atoms with van der Waals surface area (Å²) >= 11 is 0. The molecule has 148 valence electrons. The summed E-state index contributed by atoms with van der Waals surface area (Å²) in [6.45, 7) is 6.62. The highest BCUT2D eigenvalue weighted by atomic mass is 16.5. The van der Waals surface area contributed by atoms with Crippen molar-refractivity contribution in [2.75, 3.05) is 39.4 Å². The van der Waals surface area contributed by atoms with Crippen LogP contribution in [0.1, 0.15) is 34.9 Å². The minimum Gasteiger partial charge on any atom is -0.381 e. The molecule has 8 heteroatoms. The molecule has 0 aliphatic carbocycles. The Kier molecular flexibility index (Phi) is 4.40. The van der Waals surface area contributed by atoms with Crippen molar-refractivity contribution in [3.8, 4) is 0 Å². The van der Waals surface area contributed by atoms with Gasteiger partial charge in [-0.2, -0.15) is 4.98 Å². The van der Waals surface area contributed by atoms with E-state index in [2.05, 4.69) is 20.0 Å². The fourth-order valence-corrected chi connectivity index (χ4v) is 5.07. The second-order valence-corrected chi connectivity index (χ2v) is 8.19. The molecule has 2 atom stereocenters. The number of likely N-dealkylation sites (tertiary alicyclic amines) is 2. The van der Waals surface area contributed by atoms with Crippen molar-refractivity contribution in [3.63, 3.8) is 0 Å². The van der Waals surface area contributed by atoms with Gasteiger partial charge in [0.25, 0.3) is 5.91 Å². The number of nitrogens with zero attached hydrogens (tertiary/aromatic N) is 5. The number of hydrogen-bond acceptors (Lipinski definition) is 7. The molecule has 3 aliphatic heterocycles. The molecule has 5 rings (SSSR count). The van der Waals surface area contributed by atoms with Gasteiger partial charge in [0.05, 0.1) is 5.41 Å². The number of carbonyl (C=O) groups excluding carboxylic acids is 1. The molecule has 0 bridgehead atoms. The molecule has 8 nitrogen and oxygen atoms in total. The molecule has 1 amide bonds. The van der Waals surface area contributed by atoms with Gasteiger partial charge < -0.3 is 14.2 Å². The van der Waals surface area contributed by atoms with Crippen molar-refractivity contribution in [2.24, 2.45) is 5.92 Å². The van der Waals surface area contributed by atoms with E-state index in [1.54, 1.807) is 24.5 Å². The predicted octanol–water partition coefficient (Wildman–Crippen LogP) is 1.28. The summed E-state index contributed by atoms with van der Waals surface area (Å²) in [5, 5.41) is 4.05. The van der Waals surface area contributed by atoms with Gasteiger partial charge in [-0.1, -0.05) is 5.16 Å². The Morgan fingerprint density at radius 1 is 1.18 bits per heavy atom. The summed E-state index contributed by atoms with van der Waals surface area (Å²) in [6, 6.07) is 4.08. The van der Waals surface area contributed by atoms with Gasteiger partial charge in [0, 0.05) is 69.3 Å². The lowest BCUT2D eigenvalue weighted by Gasteiger charge is -2.33. The summed E-state index contributed by atoms with van der Waals surface area (Å²) in [7, 11) is 0. The van der Waals surface area contributed by atoms with Gasteiger partial charge in [0.1, 0.15) is 0 Å². The van der Waals surface area contributed by atoms with Gasteiger partial charge in [-0.05, 0) is 31.9 Å². The van der Waals surface area contributed by atoms with Gasteiger partial charge in [-0.3, -0.25) is 14.7 Å². The second kappa shape index (κ2) is 6.93. The maximum atomic E-state index is 13.0. The second-order valence-electron chi connectivity index (χ2n) is 8.19. The van der Waals surface area contributed by atoms with Gasteiger partial charge >= 0.3 is 0 Å². The zero-order valence-corrected chi connectivity index (χ0v) is 16.1. The Morgan fingerprint density at radius 2 is 1.96 bits per heavy atom. The first-order valence-electron chi connectivity index (χ1n) is 9.97. The van der Waals surface area contributed by atoms with Crippen molar-refractivity contribution >= 4 is 5.91 Å². The Bertz CT molecular complexity index is 851. The lowest BCUT2D eigenvalue weighted by atomic mass is 9.81. The highest BCUT2D eigenvalue weighted by Crippen LogP contribution is 2.45. The van der Waals surface area contributed by atoms with Crippen molar-refractivity contribution in [3.05, 3.63) is 41.8 Å². The van der Waals surface area contributed by atoms with E-state index in [1.165, 1.54) is 0 Å². The average molecular weight is 383 g/mol. The Morgan fingerprint density at radius 3 is 2.68 bits per heavy atom. The number of aromatic nitrogens is 3. The van der Waals surface area contributed by atoms with Crippen LogP contribution in [0.4, 0.5) is 0 Å². The zero-order valence-electron chi connectivity index (χ0n) is 16.1. The van der Waals surface area contributed by atoms with Crippen LogP contribution in [-0.2, 0) is 10.2 Å². The highest BCUT2D eigenvalue weighted by Gasteiger charge is 2.58.